The first-order valence-electron chi connectivity index (χ1n) is 6.79. The van der Waals surface area contributed by atoms with Crippen LogP contribution in [0.15, 0.2) is 30.5 Å². The molecule has 2 rings (SSSR count). The van der Waals surface area contributed by atoms with Crippen molar-refractivity contribution in [2.45, 2.75) is 20.0 Å². The van der Waals surface area contributed by atoms with Crippen LogP contribution in [0.3, 0.4) is 0 Å². The van der Waals surface area contributed by atoms with Crippen LogP contribution < -0.4 is 11.1 Å². The van der Waals surface area contributed by atoms with Crippen molar-refractivity contribution in [2.75, 3.05) is 11.9 Å². The molecule has 8 nitrogen and oxygen atoms in total. The molecule has 0 fully saturated rings. The average Bonchev–Trinajstić information content (AvgIpc) is 2.95. The fourth-order valence-corrected chi connectivity index (χ4v) is 1.87. The number of rotatable bonds is 6. The van der Waals surface area contributed by atoms with E-state index in [0.717, 1.165) is 0 Å². The molecule has 0 aliphatic heterocycles. The summed E-state index contributed by atoms with van der Waals surface area (Å²) in [5.41, 5.74) is 6.86. The van der Waals surface area contributed by atoms with E-state index in [4.69, 9.17) is 10.5 Å². The number of benzene rings is 1. The van der Waals surface area contributed by atoms with Crippen LogP contribution in [-0.4, -0.2) is 33.5 Å². The molecule has 22 heavy (non-hydrogen) atoms. The van der Waals surface area contributed by atoms with Crippen molar-refractivity contribution < 1.29 is 14.3 Å². The summed E-state index contributed by atoms with van der Waals surface area (Å²) in [5, 5.41) is 10.2. The van der Waals surface area contributed by atoms with E-state index in [2.05, 4.69) is 15.6 Å². The van der Waals surface area contributed by atoms with Gasteiger partial charge in [0, 0.05) is 6.54 Å². The summed E-state index contributed by atoms with van der Waals surface area (Å²) in [4.78, 5) is 23.9. The van der Waals surface area contributed by atoms with Gasteiger partial charge in [-0.2, -0.15) is 0 Å². The van der Waals surface area contributed by atoms with Gasteiger partial charge in [-0.15, -0.1) is 5.10 Å². The van der Waals surface area contributed by atoms with E-state index in [0.29, 0.717) is 16.9 Å². The molecular weight excluding hydrogens is 286 g/mol. The van der Waals surface area contributed by atoms with Gasteiger partial charge in [-0.25, -0.2) is 9.48 Å². The minimum absolute atomic E-state index is 0.0380. The molecule has 8 heteroatoms. The molecule has 0 saturated heterocycles. The normalized spacial score (nSPS) is 10.3. The van der Waals surface area contributed by atoms with E-state index in [9.17, 15) is 9.59 Å². The molecule has 0 atom stereocenters. The number of aromatic nitrogens is 3. The maximum absolute atomic E-state index is 12.1. The first kappa shape index (κ1) is 15.6. The number of carbonyl (C=O) groups is 2. The van der Waals surface area contributed by atoms with Crippen LogP contribution in [0, 0.1) is 0 Å². The molecule has 0 radical (unpaired) electrons. The van der Waals surface area contributed by atoms with Crippen LogP contribution in [0.1, 0.15) is 23.0 Å². The van der Waals surface area contributed by atoms with Crippen molar-refractivity contribution in [2.24, 2.45) is 5.73 Å². The van der Waals surface area contributed by atoms with E-state index in [1.165, 1.54) is 10.9 Å². The molecule has 0 bridgehead atoms. The second-order valence-corrected chi connectivity index (χ2v) is 4.40. The van der Waals surface area contributed by atoms with Gasteiger partial charge in [0.1, 0.15) is 6.54 Å². The molecule has 0 aliphatic carbocycles. The van der Waals surface area contributed by atoms with Gasteiger partial charge in [0.2, 0.25) is 5.91 Å². The highest BCUT2D eigenvalue weighted by atomic mass is 16.5. The van der Waals surface area contributed by atoms with E-state index < -0.39 is 5.97 Å². The molecule has 0 spiro atoms. The summed E-state index contributed by atoms with van der Waals surface area (Å²) in [7, 11) is 0. The Balaban J connectivity index is 2.10. The number of para-hydroxylation sites is 1. The smallest absolute Gasteiger partial charge is 0.340 e. The minimum atomic E-state index is -0.484. The number of amides is 1. The summed E-state index contributed by atoms with van der Waals surface area (Å²) in [6.07, 6.45) is 1.50. The third kappa shape index (κ3) is 3.67. The van der Waals surface area contributed by atoms with Crippen molar-refractivity contribution in [3.63, 3.8) is 0 Å². The Kier molecular flexibility index (Phi) is 5.21. The Morgan fingerprint density at radius 1 is 1.36 bits per heavy atom. The van der Waals surface area contributed by atoms with Gasteiger partial charge in [0.15, 0.2) is 0 Å². The fraction of sp³-hybridized carbons (Fsp3) is 0.286. The van der Waals surface area contributed by atoms with Crippen LogP contribution in [-0.2, 0) is 22.6 Å². The number of nitrogens with two attached hydrogens (primary N) is 1. The SMILES string of the molecule is CCOC(=O)c1ccccc1NC(=O)Cn1nncc1CN. The number of ether oxygens (including phenoxy) is 1. The van der Waals surface area contributed by atoms with Gasteiger partial charge < -0.3 is 15.8 Å². The lowest BCUT2D eigenvalue weighted by Crippen LogP contribution is -2.23. The van der Waals surface area contributed by atoms with Gasteiger partial charge >= 0.3 is 5.97 Å². The van der Waals surface area contributed by atoms with E-state index in [1.54, 1.807) is 31.2 Å². The number of esters is 1. The van der Waals surface area contributed by atoms with Crippen LogP contribution in [0.5, 0.6) is 0 Å². The number of hydrogen-bond donors (Lipinski definition) is 2. The largest absolute Gasteiger partial charge is 0.462 e. The Labute approximate surface area is 127 Å². The van der Waals surface area contributed by atoms with Crippen molar-refractivity contribution in [3.05, 3.63) is 41.7 Å². The predicted molar refractivity (Wildman–Crippen MR) is 78.9 cm³/mol. The zero-order valence-electron chi connectivity index (χ0n) is 12.2. The fourth-order valence-electron chi connectivity index (χ4n) is 1.87. The van der Waals surface area contributed by atoms with Crippen molar-refractivity contribution in [3.8, 4) is 0 Å². The van der Waals surface area contributed by atoms with Gasteiger partial charge in [0.25, 0.3) is 0 Å². The van der Waals surface area contributed by atoms with Crippen LogP contribution >= 0.6 is 0 Å². The molecule has 0 unspecified atom stereocenters. The molecule has 1 aromatic heterocycles. The second kappa shape index (κ2) is 7.32. The maximum Gasteiger partial charge on any atom is 0.340 e. The lowest BCUT2D eigenvalue weighted by atomic mass is 10.2. The lowest BCUT2D eigenvalue weighted by Gasteiger charge is -2.10. The number of hydrogen-bond acceptors (Lipinski definition) is 6. The van der Waals surface area contributed by atoms with Gasteiger partial charge in [-0.05, 0) is 19.1 Å². The molecule has 116 valence electrons. The third-order valence-corrected chi connectivity index (χ3v) is 2.90. The molecule has 3 N–H and O–H groups in total. The molecule has 1 aromatic carbocycles. The highest BCUT2D eigenvalue weighted by Gasteiger charge is 2.15. The highest BCUT2D eigenvalue weighted by Crippen LogP contribution is 2.16. The maximum atomic E-state index is 12.1. The first-order chi connectivity index (χ1) is 10.7. The van der Waals surface area contributed by atoms with E-state index >= 15 is 0 Å². The van der Waals surface area contributed by atoms with Crippen molar-refractivity contribution in [1.29, 1.82) is 0 Å². The van der Waals surface area contributed by atoms with Crippen LogP contribution in [0.2, 0.25) is 0 Å². The molecule has 0 aliphatic rings. The first-order valence-corrected chi connectivity index (χ1v) is 6.79. The van der Waals surface area contributed by atoms with E-state index in [-0.39, 0.29) is 25.6 Å². The number of anilines is 1. The quantitative estimate of drug-likeness (QED) is 0.754. The summed E-state index contributed by atoms with van der Waals surface area (Å²) in [6.45, 7) is 2.18. The third-order valence-electron chi connectivity index (χ3n) is 2.90. The highest BCUT2D eigenvalue weighted by molar-refractivity contribution is 6.01. The topological polar surface area (TPSA) is 112 Å². The molecule has 1 heterocycles. The zero-order chi connectivity index (χ0) is 15.9. The van der Waals surface area contributed by atoms with Crippen molar-refractivity contribution >= 4 is 17.6 Å². The van der Waals surface area contributed by atoms with Crippen LogP contribution in [0.4, 0.5) is 5.69 Å². The number of nitrogens with one attached hydrogen (secondary N) is 1. The minimum Gasteiger partial charge on any atom is -0.462 e. The number of nitrogens with zero attached hydrogens (tertiary/aromatic N) is 3. The van der Waals surface area contributed by atoms with Crippen molar-refractivity contribution in [1.82, 2.24) is 15.0 Å². The monoisotopic (exact) mass is 303 g/mol. The molecular formula is C14H17N5O3. The van der Waals surface area contributed by atoms with Gasteiger partial charge in [0.05, 0.1) is 29.7 Å². The Hall–Kier alpha value is -2.74. The molecule has 0 saturated carbocycles. The Morgan fingerprint density at radius 2 is 2.14 bits per heavy atom. The lowest BCUT2D eigenvalue weighted by molar-refractivity contribution is -0.117. The summed E-state index contributed by atoms with van der Waals surface area (Å²) in [6, 6.07) is 6.65. The van der Waals surface area contributed by atoms with Gasteiger partial charge in [-0.1, -0.05) is 17.3 Å². The average molecular weight is 303 g/mol. The standard InChI is InChI=1S/C14H17N5O3/c1-2-22-14(21)11-5-3-4-6-12(11)17-13(20)9-19-10(7-15)8-16-18-19/h3-6,8H,2,7,9,15H2,1H3,(H,17,20). The molecule has 1 amide bonds. The number of carbonyl (C=O) groups excluding carboxylic acids is 2. The predicted octanol–water partition coefficient (Wildman–Crippen LogP) is 0.552. The Morgan fingerprint density at radius 3 is 2.86 bits per heavy atom. The summed E-state index contributed by atoms with van der Waals surface area (Å²) in [5.74, 6) is -0.821. The summed E-state index contributed by atoms with van der Waals surface area (Å²) < 4.78 is 6.36. The van der Waals surface area contributed by atoms with Gasteiger partial charge in [-0.3, -0.25) is 4.79 Å². The zero-order valence-corrected chi connectivity index (χ0v) is 12.2. The second-order valence-electron chi connectivity index (χ2n) is 4.40. The Bertz CT molecular complexity index is 668. The van der Waals surface area contributed by atoms with Crippen LogP contribution in [0.25, 0.3) is 0 Å². The molecule has 2 aromatic rings. The summed E-state index contributed by atoms with van der Waals surface area (Å²) >= 11 is 0. The van der Waals surface area contributed by atoms with E-state index in [1.807, 2.05) is 0 Å².